The van der Waals surface area contributed by atoms with E-state index in [9.17, 15) is 0 Å². The Morgan fingerprint density at radius 3 is 1.69 bits per heavy atom. The monoisotopic (exact) mass is 651 g/mol. The number of hydrogen-bond donors (Lipinski definition) is 0. The molecule has 0 fully saturated rings. The van der Waals surface area contributed by atoms with Gasteiger partial charge in [-0.25, -0.2) is 9.97 Å². The van der Waals surface area contributed by atoms with Crippen LogP contribution in [-0.4, -0.2) is 19.1 Å². The zero-order valence-corrected chi connectivity index (χ0v) is 27.5. The molecule has 0 N–H and O–H groups in total. The first kappa shape index (κ1) is 27.9. The van der Waals surface area contributed by atoms with Crippen LogP contribution in [0.5, 0.6) is 0 Å². The van der Waals surface area contributed by atoms with Crippen molar-refractivity contribution >= 4 is 60.9 Å². The molecule has 11 rings (SSSR count). The molecule has 0 spiro atoms. The fourth-order valence-electron chi connectivity index (χ4n) is 8.10. The van der Waals surface area contributed by atoms with Crippen molar-refractivity contribution in [3.05, 3.63) is 176 Å². The highest BCUT2D eigenvalue weighted by atomic mass is 15.3. The summed E-state index contributed by atoms with van der Waals surface area (Å²) < 4.78 is 4.88. The van der Waals surface area contributed by atoms with Crippen LogP contribution in [0.15, 0.2) is 176 Å². The Kier molecular flexibility index (Phi) is 5.89. The van der Waals surface area contributed by atoms with Crippen molar-refractivity contribution < 1.29 is 0 Å². The second kappa shape index (κ2) is 10.8. The minimum absolute atomic E-state index is 0.634. The van der Waals surface area contributed by atoms with Crippen LogP contribution in [0, 0.1) is 0 Å². The third-order valence-corrected chi connectivity index (χ3v) is 10.2. The number of nitrogens with zero attached hydrogens (tertiary/aromatic N) is 5. The number of benzene rings is 7. The van der Waals surface area contributed by atoms with Crippen LogP contribution in [0.3, 0.4) is 0 Å². The van der Waals surface area contributed by atoms with E-state index in [1.54, 1.807) is 0 Å². The van der Waals surface area contributed by atoms with E-state index in [2.05, 4.69) is 178 Å². The van der Waals surface area contributed by atoms with Gasteiger partial charge < -0.3 is 9.13 Å². The minimum atomic E-state index is 0.634. The van der Waals surface area contributed by atoms with Gasteiger partial charge in [0.05, 0.1) is 50.5 Å². The number of rotatable bonds is 4. The summed E-state index contributed by atoms with van der Waals surface area (Å²) in [6.07, 6.45) is 0. The Morgan fingerprint density at radius 1 is 0.373 bits per heavy atom. The molecule has 0 aliphatic carbocycles. The minimum Gasteiger partial charge on any atom is -0.309 e. The molecule has 0 amide bonds. The molecular weight excluding hydrogens is 623 g/mol. The maximum absolute atomic E-state index is 5.30. The fraction of sp³-hybridized carbons (Fsp3) is 0. The summed E-state index contributed by atoms with van der Waals surface area (Å²) in [5.74, 6) is 0.634. The number of para-hydroxylation sites is 5. The van der Waals surface area contributed by atoms with Gasteiger partial charge >= 0.3 is 0 Å². The maximum Gasteiger partial charge on any atom is 0.235 e. The van der Waals surface area contributed by atoms with Crippen molar-refractivity contribution in [2.75, 3.05) is 4.90 Å². The van der Waals surface area contributed by atoms with Gasteiger partial charge in [-0.1, -0.05) is 127 Å². The molecule has 51 heavy (non-hydrogen) atoms. The van der Waals surface area contributed by atoms with E-state index in [-0.39, 0.29) is 0 Å². The van der Waals surface area contributed by atoms with E-state index < -0.39 is 0 Å². The molecule has 1 aliphatic rings. The van der Waals surface area contributed by atoms with Crippen molar-refractivity contribution in [2.45, 2.75) is 0 Å². The molecule has 10 aromatic rings. The first-order valence-electron chi connectivity index (χ1n) is 17.3. The van der Waals surface area contributed by atoms with Crippen molar-refractivity contribution in [1.82, 2.24) is 19.1 Å². The lowest BCUT2D eigenvalue weighted by Gasteiger charge is -2.31. The molecule has 0 saturated carbocycles. The van der Waals surface area contributed by atoms with Crippen LogP contribution in [0.1, 0.15) is 0 Å². The van der Waals surface area contributed by atoms with Crippen LogP contribution in [0.4, 0.5) is 17.3 Å². The second-order valence-electron chi connectivity index (χ2n) is 13.0. The largest absolute Gasteiger partial charge is 0.309 e. The number of fused-ring (bicyclic) bond motifs is 9. The zero-order chi connectivity index (χ0) is 33.5. The molecule has 1 aliphatic heterocycles. The summed E-state index contributed by atoms with van der Waals surface area (Å²) in [6.45, 7) is 0. The Bertz CT molecular complexity index is 2900. The molecule has 3 aromatic heterocycles. The lowest BCUT2D eigenvalue weighted by molar-refractivity contribution is 1.04. The van der Waals surface area contributed by atoms with Crippen LogP contribution < -0.4 is 4.90 Å². The second-order valence-corrected chi connectivity index (χ2v) is 13.0. The number of hydrogen-bond acceptors (Lipinski definition) is 3. The molecule has 0 atom stereocenters. The van der Waals surface area contributed by atoms with Gasteiger partial charge in [0.25, 0.3) is 0 Å². The highest BCUT2D eigenvalue weighted by Crippen LogP contribution is 2.51. The molecule has 0 saturated heterocycles. The van der Waals surface area contributed by atoms with E-state index >= 15 is 0 Å². The van der Waals surface area contributed by atoms with E-state index in [1.165, 1.54) is 38.1 Å². The van der Waals surface area contributed by atoms with Gasteiger partial charge in [-0.05, 0) is 48.5 Å². The lowest BCUT2D eigenvalue weighted by atomic mass is 10.1. The molecule has 0 unspecified atom stereocenters. The van der Waals surface area contributed by atoms with E-state index in [0.717, 1.165) is 50.8 Å². The Labute approximate surface area is 293 Å². The average Bonchev–Trinajstić information content (AvgIpc) is 3.73. The lowest BCUT2D eigenvalue weighted by Crippen LogP contribution is -2.20. The van der Waals surface area contributed by atoms with Crippen molar-refractivity contribution in [2.24, 2.45) is 0 Å². The molecule has 7 aromatic carbocycles. The standard InChI is InChI=1S/C46H29N5/c1-4-15-30(16-5-1)36-29-37(31-17-6-2-7-18-31)48-46(47-36)51-40-25-13-12-24-39(40)50-41-28-27-34-33-21-10-11-23-38(33)49(32-19-8-3-9-20-32)45(34)43(41)35-22-14-26-42(51)44(35)50/h1-29H. The third kappa shape index (κ3) is 4.03. The van der Waals surface area contributed by atoms with Gasteiger partial charge in [0.2, 0.25) is 5.95 Å². The Hall–Kier alpha value is -6.98. The molecule has 0 radical (unpaired) electrons. The quantitative estimate of drug-likeness (QED) is 0.190. The normalized spacial score (nSPS) is 12.3. The van der Waals surface area contributed by atoms with Gasteiger partial charge in [-0.15, -0.1) is 0 Å². The van der Waals surface area contributed by atoms with Crippen LogP contribution in [0.2, 0.25) is 0 Å². The van der Waals surface area contributed by atoms with Crippen LogP contribution in [0.25, 0.3) is 77.5 Å². The molecule has 5 heteroatoms. The van der Waals surface area contributed by atoms with Gasteiger partial charge in [0.1, 0.15) is 0 Å². The molecular formula is C46H29N5. The Balaban J connectivity index is 1.26. The van der Waals surface area contributed by atoms with Crippen molar-refractivity contribution in [3.8, 4) is 33.9 Å². The summed E-state index contributed by atoms with van der Waals surface area (Å²) in [7, 11) is 0. The van der Waals surface area contributed by atoms with Crippen LogP contribution >= 0.6 is 0 Å². The van der Waals surface area contributed by atoms with Crippen LogP contribution in [-0.2, 0) is 0 Å². The topological polar surface area (TPSA) is 38.9 Å². The summed E-state index contributed by atoms with van der Waals surface area (Å²) in [6, 6.07) is 62.2. The summed E-state index contributed by atoms with van der Waals surface area (Å²) in [5.41, 5.74) is 12.9. The first-order valence-corrected chi connectivity index (χ1v) is 17.3. The van der Waals surface area contributed by atoms with Gasteiger partial charge in [-0.2, -0.15) is 0 Å². The molecule has 0 bridgehead atoms. The number of anilines is 3. The molecule has 4 heterocycles. The van der Waals surface area contributed by atoms with Gasteiger partial charge in [0.15, 0.2) is 0 Å². The molecule has 238 valence electrons. The maximum atomic E-state index is 5.30. The summed E-state index contributed by atoms with van der Waals surface area (Å²) in [5, 5.41) is 4.90. The molecule has 5 nitrogen and oxygen atoms in total. The third-order valence-electron chi connectivity index (χ3n) is 10.2. The number of aromatic nitrogens is 4. The van der Waals surface area contributed by atoms with Crippen molar-refractivity contribution in [3.63, 3.8) is 0 Å². The smallest absolute Gasteiger partial charge is 0.235 e. The van der Waals surface area contributed by atoms with Gasteiger partial charge in [0, 0.05) is 38.4 Å². The van der Waals surface area contributed by atoms with E-state index in [0.29, 0.717) is 5.95 Å². The van der Waals surface area contributed by atoms with Crippen molar-refractivity contribution in [1.29, 1.82) is 0 Å². The van der Waals surface area contributed by atoms with E-state index in [1.807, 2.05) is 12.1 Å². The summed E-state index contributed by atoms with van der Waals surface area (Å²) >= 11 is 0. The zero-order valence-electron chi connectivity index (χ0n) is 27.5. The summed E-state index contributed by atoms with van der Waals surface area (Å²) in [4.78, 5) is 12.8. The first-order chi connectivity index (χ1) is 25.3. The SMILES string of the molecule is c1ccc(-c2cc(-c3ccccc3)nc(N3c4ccccc4-n4c5ccc6c7ccccc7n(-c7ccccc7)c6c5c5cccc3c54)n2)cc1. The average molecular weight is 652 g/mol. The fourth-order valence-corrected chi connectivity index (χ4v) is 8.10. The highest BCUT2D eigenvalue weighted by Gasteiger charge is 2.31. The Morgan fingerprint density at radius 2 is 0.961 bits per heavy atom. The van der Waals surface area contributed by atoms with E-state index in [4.69, 9.17) is 9.97 Å². The predicted octanol–water partition coefficient (Wildman–Crippen LogP) is 11.8. The van der Waals surface area contributed by atoms with Gasteiger partial charge in [-0.3, -0.25) is 4.90 Å². The highest BCUT2D eigenvalue weighted by molar-refractivity contribution is 6.28. The predicted molar refractivity (Wildman–Crippen MR) is 210 cm³/mol.